The molecule has 0 radical (unpaired) electrons. The van der Waals surface area contributed by atoms with Gasteiger partial charge in [0.25, 0.3) is 5.91 Å². The molecule has 1 heterocycles. The fraction of sp³-hybridized carbons (Fsp3) is 0.200. The zero-order valence-electron chi connectivity index (χ0n) is 12.0. The maximum atomic E-state index is 12.9. The van der Waals surface area contributed by atoms with Crippen molar-refractivity contribution in [3.8, 4) is 5.75 Å². The monoisotopic (exact) mass is 400 g/mol. The number of benzene rings is 1. The van der Waals surface area contributed by atoms with E-state index in [2.05, 4.69) is 26.6 Å². The second-order valence-corrected chi connectivity index (χ2v) is 6.38. The lowest BCUT2D eigenvalue weighted by molar-refractivity contribution is -0.122. The van der Waals surface area contributed by atoms with Gasteiger partial charge in [-0.25, -0.2) is 9.18 Å². The van der Waals surface area contributed by atoms with Gasteiger partial charge < -0.3 is 10.1 Å². The third-order valence-corrected chi connectivity index (χ3v) is 4.30. The highest BCUT2D eigenvalue weighted by atomic mass is 79.9. The van der Waals surface area contributed by atoms with E-state index in [4.69, 9.17) is 4.74 Å². The molecular formula is C15H14BrFN2O3S. The highest BCUT2D eigenvalue weighted by molar-refractivity contribution is 9.10. The minimum atomic E-state index is -0.588. The Hall–Kier alpha value is -1.93. The maximum absolute atomic E-state index is 12.9. The molecule has 0 spiro atoms. The quantitative estimate of drug-likeness (QED) is 0.782. The van der Waals surface area contributed by atoms with Crippen molar-refractivity contribution < 1.29 is 18.7 Å². The molecule has 0 aliphatic carbocycles. The van der Waals surface area contributed by atoms with Gasteiger partial charge in [-0.05, 0) is 52.0 Å². The second kappa shape index (κ2) is 8.64. The van der Waals surface area contributed by atoms with Crippen molar-refractivity contribution in [2.75, 3.05) is 13.2 Å². The van der Waals surface area contributed by atoms with E-state index in [-0.39, 0.29) is 6.61 Å². The van der Waals surface area contributed by atoms with Crippen molar-refractivity contribution in [2.45, 2.75) is 6.42 Å². The standard InChI is InChI=1S/C15H14BrFN2O3S/c16-12-8-10(17)3-4-13(12)22-9-14(20)19-15(21)18-6-5-11-2-1-7-23-11/h1-4,7-8H,5-6,9H2,(H2,18,19,20,21). The number of hydrogen-bond acceptors (Lipinski definition) is 4. The van der Waals surface area contributed by atoms with E-state index >= 15 is 0 Å². The van der Waals surface area contributed by atoms with Gasteiger partial charge in [-0.1, -0.05) is 6.07 Å². The normalized spacial score (nSPS) is 10.2. The first kappa shape index (κ1) is 17.4. The molecule has 2 aromatic rings. The first-order chi connectivity index (χ1) is 11.0. The number of thiophene rings is 1. The molecule has 1 aromatic heterocycles. The predicted octanol–water partition coefficient (Wildman–Crippen LogP) is 3.10. The maximum Gasteiger partial charge on any atom is 0.321 e. The van der Waals surface area contributed by atoms with Crippen molar-refractivity contribution in [3.05, 3.63) is 50.9 Å². The van der Waals surface area contributed by atoms with E-state index in [0.717, 1.165) is 4.88 Å². The van der Waals surface area contributed by atoms with Gasteiger partial charge in [-0.15, -0.1) is 11.3 Å². The summed E-state index contributed by atoms with van der Waals surface area (Å²) in [6.07, 6.45) is 0.707. The molecule has 0 unspecified atom stereocenters. The number of imide groups is 1. The third kappa shape index (κ3) is 5.99. The average molecular weight is 401 g/mol. The van der Waals surface area contributed by atoms with E-state index in [9.17, 15) is 14.0 Å². The molecule has 8 heteroatoms. The number of amides is 3. The van der Waals surface area contributed by atoms with Gasteiger partial charge in [-0.3, -0.25) is 10.1 Å². The van der Waals surface area contributed by atoms with Crippen LogP contribution >= 0.6 is 27.3 Å². The van der Waals surface area contributed by atoms with E-state index in [1.54, 1.807) is 11.3 Å². The largest absolute Gasteiger partial charge is 0.483 e. The lowest BCUT2D eigenvalue weighted by Crippen LogP contribution is -2.42. The first-order valence-corrected chi connectivity index (χ1v) is 8.40. The van der Waals surface area contributed by atoms with Crippen molar-refractivity contribution >= 4 is 39.2 Å². The molecular weight excluding hydrogens is 387 g/mol. The van der Waals surface area contributed by atoms with Crippen LogP contribution in [0.15, 0.2) is 40.2 Å². The van der Waals surface area contributed by atoms with Crippen LogP contribution in [0.1, 0.15) is 4.88 Å². The molecule has 1 aromatic carbocycles. The number of carbonyl (C=O) groups excluding carboxylic acids is 2. The summed E-state index contributed by atoms with van der Waals surface area (Å²) in [7, 11) is 0. The first-order valence-electron chi connectivity index (χ1n) is 6.72. The SMILES string of the molecule is O=C(COc1ccc(F)cc1Br)NC(=O)NCCc1cccs1. The van der Waals surface area contributed by atoms with Gasteiger partial charge in [0.15, 0.2) is 6.61 Å². The number of carbonyl (C=O) groups is 2. The molecule has 0 aliphatic rings. The summed E-state index contributed by atoms with van der Waals surface area (Å²) in [6.45, 7) is 0.0899. The summed E-state index contributed by atoms with van der Waals surface area (Å²) >= 11 is 4.73. The number of hydrogen-bond donors (Lipinski definition) is 2. The van der Waals surface area contributed by atoms with Crippen molar-refractivity contribution in [3.63, 3.8) is 0 Å². The Kier molecular flexibility index (Phi) is 6.54. The van der Waals surface area contributed by atoms with E-state index < -0.39 is 17.8 Å². The van der Waals surface area contributed by atoms with Crippen LogP contribution in [0.2, 0.25) is 0 Å². The zero-order chi connectivity index (χ0) is 16.7. The molecule has 0 fully saturated rings. The Balaban J connectivity index is 1.68. The van der Waals surface area contributed by atoms with Crippen LogP contribution < -0.4 is 15.4 Å². The molecule has 122 valence electrons. The van der Waals surface area contributed by atoms with Crippen molar-refractivity contribution in [1.29, 1.82) is 0 Å². The Labute approximate surface area is 145 Å². The second-order valence-electron chi connectivity index (χ2n) is 4.50. The summed E-state index contributed by atoms with van der Waals surface area (Å²) in [5.41, 5.74) is 0. The minimum absolute atomic E-state index is 0.319. The van der Waals surface area contributed by atoms with Crippen LogP contribution in [0.4, 0.5) is 9.18 Å². The Morgan fingerprint density at radius 1 is 1.30 bits per heavy atom. The fourth-order valence-corrected chi connectivity index (χ4v) is 2.87. The Morgan fingerprint density at radius 2 is 2.13 bits per heavy atom. The molecule has 3 amide bonds. The summed E-state index contributed by atoms with van der Waals surface area (Å²) < 4.78 is 18.5. The van der Waals surface area contributed by atoms with Crippen LogP contribution in [-0.4, -0.2) is 25.1 Å². The molecule has 0 saturated heterocycles. The number of halogens is 2. The molecule has 23 heavy (non-hydrogen) atoms. The highest BCUT2D eigenvalue weighted by Gasteiger charge is 2.10. The molecule has 5 nitrogen and oxygen atoms in total. The van der Waals surface area contributed by atoms with E-state index in [1.165, 1.54) is 18.2 Å². The zero-order valence-corrected chi connectivity index (χ0v) is 14.4. The smallest absolute Gasteiger partial charge is 0.321 e. The van der Waals surface area contributed by atoms with Crippen LogP contribution in [0.25, 0.3) is 0 Å². The molecule has 0 aliphatic heterocycles. The fourth-order valence-electron chi connectivity index (χ4n) is 1.70. The van der Waals surface area contributed by atoms with Crippen molar-refractivity contribution in [1.82, 2.24) is 10.6 Å². The van der Waals surface area contributed by atoms with Crippen molar-refractivity contribution in [2.24, 2.45) is 0 Å². The van der Waals surface area contributed by atoms with Gasteiger partial charge in [0.05, 0.1) is 4.47 Å². The van der Waals surface area contributed by atoms with Gasteiger partial charge in [-0.2, -0.15) is 0 Å². The van der Waals surface area contributed by atoms with Gasteiger partial charge in [0.1, 0.15) is 11.6 Å². The van der Waals surface area contributed by atoms with Crippen LogP contribution in [-0.2, 0) is 11.2 Å². The average Bonchev–Trinajstić information content (AvgIpc) is 2.99. The minimum Gasteiger partial charge on any atom is -0.483 e. The Morgan fingerprint density at radius 3 is 2.83 bits per heavy atom. The highest BCUT2D eigenvalue weighted by Crippen LogP contribution is 2.25. The molecule has 2 N–H and O–H groups in total. The molecule has 0 atom stereocenters. The van der Waals surface area contributed by atoms with Gasteiger partial charge in [0.2, 0.25) is 0 Å². The summed E-state index contributed by atoms with van der Waals surface area (Å²) in [4.78, 5) is 24.3. The number of rotatable bonds is 6. The van der Waals surface area contributed by atoms with Crippen LogP contribution in [0, 0.1) is 5.82 Å². The summed E-state index contributed by atoms with van der Waals surface area (Å²) in [6, 6.07) is 7.18. The van der Waals surface area contributed by atoms with Gasteiger partial charge >= 0.3 is 6.03 Å². The summed E-state index contributed by atoms with van der Waals surface area (Å²) in [5, 5.41) is 6.71. The molecule has 0 saturated carbocycles. The number of nitrogens with one attached hydrogen (secondary N) is 2. The summed E-state index contributed by atoms with van der Waals surface area (Å²) in [5.74, 6) is -0.687. The predicted molar refractivity (Wildman–Crippen MR) is 89.2 cm³/mol. The Bertz CT molecular complexity index is 679. The van der Waals surface area contributed by atoms with Gasteiger partial charge in [0, 0.05) is 11.4 Å². The van der Waals surface area contributed by atoms with E-state index in [1.807, 2.05) is 17.5 Å². The number of urea groups is 1. The van der Waals surface area contributed by atoms with E-state index in [0.29, 0.717) is 23.2 Å². The third-order valence-electron chi connectivity index (χ3n) is 2.74. The molecule has 2 rings (SSSR count). The van der Waals surface area contributed by atoms with Crippen LogP contribution in [0.5, 0.6) is 5.75 Å². The lowest BCUT2D eigenvalue weighted by atomic mass is 10.3. The topological polar surface area (TPSA) is 67.4 Å². The molecule has 0 bridgehead atoms. The number of ether oxygens (including phenoxy) is 1. The lowest BCUT2D eigenvalue weighted by Gasteiger charge is -2.09. The van der Waals surface area contributed by atoms with Crippen LogP contribution in [0.3, 0.4) is 0 Å².